The van der Waals surface area contributed by atoms with Crippen LogP contribution in [0.5, 0.6) is 0 Å². The molecule has 17 heavy (non-hydrogen) atoms. The lowest BCUT2D eigenvalue weighted by molar-refractivity contribution is 0.417. The van der Waals surface area contributed by atoms with Crippen molar-refractivity contribution in [3.05, 3.63) is 40.5 Å². The Morgan fingerprint density at radius 1 is 1.29 bits per heavy atom. The van der Waals surface area contributed by atoms with Crippen LogP contribution in [0.1, 0.15) is 19.5 Å². The monoisotopic (exact) mass is 294 g/mol. The second kappa shape index (κ2) is 5.47. The normalized spacial score (nSPS) is 11.1. The third kappa shape index (κ3) is 3.41. The second-order valence-electron chi connectivity index (χ2n) is 4.22. The number of rotatable bonds is 4. The summed E-state index contributed by atoms with van der Waals surface area (Å²) in [6.45, 7) is 4.95. The van der Waals surface area contributed by atoms with Gasteiger partial charge in [0.05, 0.1) is 5.69 Å². The maximum Gasteiger partial charge on any atom is 0.167 e. The maximum atomic E-state index is 5.32. The first kappa shape index (κ1) is 12.3. The molecule has 1 N–H and O–H groups in total. The number of hydrogen-bond donors (Lipinski definition) is 1. The molecule has 90 valence electrons. The quantitative estimate of drug-likeness (QED) is 0.936. The lowest BCUT2D eigenvalue weighted by Gasteiger charge is -2.03. The van der Waals surface area contributed by atoms with Crippen LogP contribution in [-0.4, -0.2) is 11.2 Å². The molecule has 0 spiro atoms. The van der Waals surface area contributed by atoms with Crippen LogP contribution >= 0.6 is 15.9 Å². The van der Waals surface area contributed by atoms with Gasteiger partial charge in [-0.3, -0.25) is 0 Å². The van der Waals surface area contributed by atoms with Crippen LogP contribution < -0.4 is 5.32 Å². The Morgan fingerprint density at radius 3 is 2.65 bits per heavy atom. The Bertz CT molecular complexity index is 476. The van der Waals surface area contributed by atoms with Crippen molar-refractivity contribution in [2.75, 3.05) is 0 Å². The Kier molecular flexibility index (Phi) is 3.97. The molecule has 1 heterocycles. The van der Waals surface area contributed by atoms with Gasteiger partial charge in [0, 0.05) is 28.7 Å². The molecule has 2 aromatic rings. The summed E-state index contributed by atoms with van der Waals surface area (Å²) in [4.78, 5) is 0. The molecule has 1 aromatic carbocycles. The molecule has 2 rings (SSSR count). The Hall–Kier alpha value is -1.13. The zero-order valence-electron chi connectivity index (χ0n) is 9.90. The topological polar surface area (TPSA) is 38.1 Å². The first-order chi connectivity index (χ1) is 8.15. The molecule has 0 saturated heterocycles. The molecule has 1 aromatic heterocycles. The maximum absolute atomic E-state index is 5.32. The molecule has 4 heteroatoms. The first-order valence-corrected chi connectivity index (χ1v) is 6.39. The molecular formula is C13H15BrN2O. The van der Waals surface area contributed by atoms with Gasteiger partial charge in [-0.1, -0.05) is 47.1 Å². The fourth-order valence-corrected chi connectivity index (χ4v) is 1.72. The molecule has 0 aliphatic rings. The molecule has 3 nitrogen and oxygen atoms in total. The minimum Gasteiger partial charge on any atom is -0.356 e. The van der Waals surface area contributed by atoms with Crippen LogP contribution in [-0.2, 0) is 6.54 Å². The van der Waals surface area contributed by atoms with Crippen LogP contribution in [0.2, 0.25) is 0 Å². The number of nitrogens with one attached hydrogen (secondary N) is 1. The Balaban J connectivity index is 2.10. The average Bonchev–Trinajstić information content (AvgIpc) is 2.76. The summed E-state index contributed by atoms with van der Waals surface area (Å²) in [5.74, 6) is 0.804. The highest BCUT2D eigenvalue weighted by molar-refractivity contribution is 9.10. The van der Waals surface area contributed by atoms with Gasteiger partial charge >= 0.3 is 0 Å². The molecule has 0 bridgehead atoms. The van der Waals surface area contributed by atoms with Crippen LogP contribution in [0.3, 0.4) is 0 Å². The zero-order chi connectivity index (χ0) is 12.3. The van der Waals surface area contributed by atoms with E-state index in [0.29, 0.717) is 6.04 Å². The van der Waals surface area contributed by atoms with E-state index in [-0.39, 0.29) is 0 Å². The highest BCUT2D eigenvalue weighted by atomic mass is 79.9. The summed E-state index contributed by atoms with van der Waals surface area (Å²) < 4.78 is 6.38. The summed E-state index contributed by atoms with van der Waals surface area (Å²) in [5.41, 5.74) is 1.97. The van der Waals surface area contributed by atoms with Crippen molar-refractivity contribution in [1.82, 2.24) is 10.5 Å². The third-order valence-corrected chi connectivity index (χ3v) is 2.91. The van der Waals surface area contributed by atoms with E-state index in [1.165, 1.54) is 0 Å². The van der Waals surface area contributed by atoms with E-state index in [1.54, 1.807) is 0 Å². The van der Waals surface area contributed by atoms with Crippen molar-refractivity contribution < 1.29 is 4.52 Å². The Morgan fingerprint density at radius 2 is 2.00 bits per heavy atom. The Labute approximate surface area is 109 Å². The number of benzene rings is 1. The predicted molar refractivity (Wildman–Crippen MR) is 71.6 cm³/mol. The van der Waals surface area contributed by atoms with Crippen molar-refractivity contribution in [3.63, 3.8) is 0 Å². The van der Waals surface area contributed by atoms with Crippen molar-refractivity contribution >= 4 is 15.9 Å². The van der Waals surface area contributed by atoms with E-state index in [9.17, 15) is 0 Å². The van der Waals surface area contributed by atoms with Gasteiger partial charge < -0.3 is 9.84 Å². The standard InChI is InChI=1S/C13H15BrN2O/c1-9(2)15-8-12-7-13(17-16-12)10-3-5-11(14)6-4-10/h3-7,9,15H,8H2,1-2H3. The lowest BCUT2D eigenvalue weighted by Crippen LogP contribution is -2.21. The summed E-state index contributed by atoms with van der Waals surface area (Å²) in [7, 11) is 0. The fourth-order valence-electron chi connectivity index (χ4n) is 1.45. The summed E-state index contributed by atoms with van der Waals surface area (Å²) >= 11 is 3.41. The first-order valence-electron chi connectivity index (χ1n) is 5.60. The molecule has 0 radical (unpaired) electrons. The van der Waals surface area contributed by atoms with Gasteiger partial charge in [-0.05, 0) is 12.1 Å². The van der Waals surface area contributed by atoms with E-state index in [0.717, 1.165) is 28.0 Å². The van der Waals surface area contributed by atoms with Gasteiger partial charge in [-0.25, -0.2) is 0 Å². The third-order valence-electron chi connectivity index (χ3n) is 2.38. The molecule has 0 unspecified atom stereocenters. The van der Waals surface area contributed by atoms with Gasteiger partial charge in [0.25, 0.3) is 0 Å². The lowest BCUT2D eigenvalue weighted by atomic mass is 10.1. The van der Waals surface area contributed by atoms with Crippen LogP contribution in [0.25, 0.3) is 11.3 Å². The molecule has 0 aliphatic carbocycles. The van der Waals surface area contributed by atoms with Crippen molar-refractivity contribution in [2.45, 2.75) is 26.4 Å². The van der Waals surface area contributed by atoms with Crippen molar-refractivity contribution in [2.24, 2.45) is 0 Å². The largest absolute Gasteiger partial charge is 0.356 e. The van der Waals surface area contributed by atoms with Gasteiger partial charge in [-0.2, -0.15) is 0 Å². The van der Waals surface area contributed by atoms with Gasteiger partial charge in [-0.15, -0.1) is 0 Å². The molecule has 0 amide bonds. The average molecular weight is 295 g/mol. The van der Waals surface area contributed by atoms with E-state index in [1.807, 2.05) is 30.3 Å². The summed E-state index contributed by atoms with van der Waals surface area (Å²) in [6.07, 6.45) is 0. The van der Waals surface area contributed by atoms with Crippen molar-refractivity contribution in [1.29, 1.82) is 0 Å². The van der Waals surface area contributed by atoms with Crippen LogP contribution in [0.15, 0.2) is 39.3 Å². The van der Waals surface area contributed by atoms with Crippen LogP contribution in [0, 0.1) is 0 Å². The van der Waals surface area contributed by atoms with Gasteiger partial charge in [0.2, 0.25) is 0 Å². The SMILES string of the molecule is CC(C)NCc1cc(-c2ccc(Br)cc2)on1. The number of nitrogens with zero attached hydrogens (tertiary/aromatic N) is 1. The minimum atomic E-state index is 0.447. The fraction of sp³-hybridized carbons (Fsp3) is 0.308. The summed E-state index contributed by atoms with van der Waals surface area (Å²) in [5, 5.41) is 7.34. The second-order valence-corrected chi connectivity index (χ2v) is 5.14. The molecule has 0 atom stereocenters. The van der Waals surface area contributed by atoms with E-state index in [4.69, 9.17) is 4.52 Å². The predicted octanol–water partition coefficient (Wildman–Crippen LogP) is 3.60. The van der Waals surface area contributed by atoms with Gasteiger partial charge in [0.15, 0.2) is 5.76 Å². The number of aromatic nitrogens is 1. The van der Waals surface area contributed by atoms with E-state index >= 15 is 0 Å². The zero-order valence-corrected chi connectivity index (χ0v) is 11.5. The van der Waals surface area contributed by atoms with Crippen LogP contribution in [0.4, 0.5) is 0 Å². The number of hydrogen-bond acceptors (Lipinski definition) is 3. The minimum absolute atomic E-state index is 0.447. The van der Waals surface area contributed by atoms with E-state index in [2.05, 4.69) is 40.3 Å². The highest BCUT2D eigenvalue weighted by Gasteiger charge is 2.06. The smallest absolute Gasteiger partial charge is 0.167 e. The van der Waals surface area contributed by atoms with Crippen molar-refractivity contribution in [3.8, 4) is 11.3 Å². The van der Waals surface area contributed by atoms with Gasteiger partial charge in [0.1, 0.15) is 0 Å². The molecule has 0 aliphatic heterocycles. The molecule has 0 saturated carbocycles. The molecular weight excluding hydrogens is 280 g/mol. The van der Waals surface area contributed by atoms with E-state index < -0.39 is 0 Å². The highest BCUT2D eigenvalue weighted by Crippen LogP contribution is 2.22. The number of halogens is 1. The summed E-state index contributed by atoms with van der Waals surface area (Å²) in [6, 6.07) is 10.4. The molecule has 0 fully saturated rings.